The van der Waals surface area contributed by atoms with Gasteiger partial charge in [-0.25, -0.2) is 0 Å². The lowest BCUT2D eigenvalue weighted by atomic mass is 9.85. The van der Waals surface area contributed by atoms with Crippen LogP contribution in [0.1, 0.15) is 49.7 Å². The van der Waals surface area contributed by atoms with Crippen LogP contribution in [0.2, 0.25) is 10.0 Å². The average molecular weight is 982 g/mol. The molecular weight excluding hydrogens is 926 g/mol. The summed E-state index contributed by atoms with van der Waals surface area (Å²) >= 11 is 12.7. The van der Waals surface area contributed by atoms with Crippen molar-refractivity contribution in [3.8, 4) is 45.6 Å². The molecule has 67 heavy (non-hydrogen) atoms. The second kappa shape index (κ2) is 21.6. The molecule has 2 aliphatic rings. The van der Waals surface area contributed by atoms with Gasteiger partial charge in [0.2, 0.25) is 0 Å². The summed E-state index contributed by atoms with van der Waals surface area (Å²) in [7, 11) is 1.81. The Bertz CT molecular complexity index is 2900. The summed E-state index contributed by atoms with van der Waals surface area (Å²) in [6.45, 7) is 6.55. The number of likely N-dealkylation sites (N-methyl/N-ethyl adjacent to an activating group) is 1. The second-order valence-corrected chi connectivity index (χ2v) is 19.5. The number of nitrogens with zero attached hydrogens (tertiary/aromatic N) is 2. The first-order chi connectivity index (χ1) is 32.1. The topological polar surface area (TPSA) is 202 Å². The van der Waals surface area contributed by atoms with Crippen molar-refractivity contribution in [2.24, 2.45) is 0 Å². The lowest BCUT2D eigenvalue weighted by Gasteiger charge is -2.36. The Balaban J connectivity index is 0.000000203. The number of hydrogen-bond acceptors (Lipinski definition) is 15. The quantitative estimate of drug-likeness (QED) is 0.0799. The maximum atomic E-state index is 13.1. The number of ether oxygens (including phenoxy) is 2. The predicted molar refractivity (Wildman–Crippen MR) is 259 cm³/mol. The van der Waals surface area contributed by atoms with Crippen molar-refractivity contribution < 1.29 is 52.3 Å². The van der Waals surface area contributed by atoms with Crippen molar-refractivity contribution in [1.82, 2.24) is 9.80 Å². The number of phenols is 2. The van der Waals surface area contributed by atoms with Crippen LogP contribution in [-0.4, -0.2) is 116 Å². The molecule has 0 saturated carbocycles. The van der Waals surface area contributed by atoms with Gasteiger partial charge in [0.15, 0.2) is 10.9 Å². The molecule has 0 radical (unpaired) electrons. The summed E-state index contributed by atoms with van der Waals surface area (Å²) < 4.78 is 47.0. The van der Waals surface area contributed by atoms with E-state index in [0.29, 0.717) is 87.4 Å². The van der Waals surface area contributed by atoms with Crippen LogP contribution in [0.3, 0.4) is 0 Å². The number of likely N-dealkylation sites (tertiary alicyclic amines) is 2. The van der Waals surface area contributed by atoms with E-state index < -0.39 is 36.9 Å². The Morgan fingerprint density at radius 3 is 1.76 bits per heavy atom. The van der Waals surface area contributed by atoms with Crippen molar-refractivity contribution in [1.29, 1.82) is 0 Å². The molecule has 4 aromatic carbocycles. The minimum absolute atomic E-state index is 0.00890. The Labute approximate surface area is 397 Å². The zero-order chi connectivity index (χ0) is 48.2. The van der Waals surface area contributed by atoms with Gasteiger partial charge in [-0.2, -0.15) is 0 Å². The van der Waals surface area contributed by atoms with E-state index in [1.54, 1.807) is 63.4 Å². The fourth-order valence-corrected chi connectivity index (χ4v) is 11.1. The molecule has 0 aliphatic carbocycles. The number of aliphatic hydroxyl groups excluding tert-OH is 2. The Kier molecular flexibility index (Phi) is 16.1. The first-order valence-electron chi connectivity index (χ1n) is 22.0. The standard InChI is InChI=1S/C26H31ClNO8P.C23H24ClNO5/c1-3-34-37(33,35-4-2)12-11-28-10-9-17(22(32)15-28)24-19(29)13-20(30)25-21(31)14-23(36-26(24)25)16-7-5-6-8-18(16)27;1-25-9-8-14(17(27)12-25)21-19(28-2)11-20(29-3)22-16(26)10-18(30-23(21)22)13-6-4-5-7-15(13)24/h5-8,13-14,17,22,29-30,32H,3-4,9-12,15H2,1-2H3;4-7,10-11,14,17,27H,8-9,12H2,1-3H3/t17-,22+;14-,17+/m00/s1. The SMILES string of the molecule is CCOP(=O)(CCN1CC[C@H](c2c(O)cc(O)c3c(=O)cc(-c4ccccc4Cl)oc23)[C@H](O)C1)OCC.COc1cc(OC)c2c(=O)cc(-c3ccccc3Cl)oc2c1[C@H]1CCN(C)C[C@H]1O. The molecule has 0 bridgehead atoms. The predicted octanol–water partition coefficient (Wildman–Crippen LogP) is 8.85. The number of phenolic OH excluding ortho intramolecular Hbond substituents is 2. The van der Waals surface area contributed by atoms with Crippen LogP contribution in [0.4, 0.5) is 0 Å². The lowest BCUT2D eigenvalue weighted by molar-refractivity contribution is 0.0526. The van der Waals surface area contributed by atoms with E-state index in [0.717, 1.165) is 12.6 Å². The number of hydrogen-bond donors (Lipinski definition) is 4. The average Bonchev–Trinajstić information content (AvgIpc) is 3.29. The maximum Gasteiger partial charge on any atom is 0.331 e. The molecule has 4 atom stereocenters. The molecule has 2 fully saturated rings. The molecule has 358 valence electrons. The van der Waals surface area contributed by atoms with Crippen molar-refractivity contribution in [2.75, 3.05) is 73.4 Å². The molecule has 0 spiro atoms. The van der Waals surface area contributed by atoms with Crippen LogP contribution in [0.15, 0.2) is 91.2 Å². The molecule has 15 nitrogen and oxygen atoms in total. The molecule has 8 rings (SSSR count). The van der Waals surface area contributed by atoms with Crippen molar-refractivity contribution in [3.05, 3.63) is 114 Å². The number of fused-ring (bicyclic) bond motifs is 2. The number of halogens is 2. The first kappa shape index (κ1) is 50.0. The molecule has 2 aromatic heterocycles. The Morgan fingerprint density at radius 1 is 0.701 bits per heavy atom. The van der Waals surface area contributed by atoms with E-state index in [4.69, 9.17) is 50.6 Å². The highest BCUT2D eigenvalue weighted by atomic mass is 35.5. The lowest BCUT2D eigenvalue weighted by Crippen LogP contribution is -2.44. The van der Waals surface area contributed by atoms with Crippen LogP contribution >= 0.6 is 30.8 Å². The van der Waals surface area contributed by atoms with Gasteiger partial charge in [0.05, 0.1) is 55.8 Å². The number of piperidine rings is 2. The van der Waals surface area contributed by atoms with Gasteiger partial charge in [-0.05, 0) is 71.1 Å². The Morgan fingerprint density at radius 2 is 1.22 bits per heavy atom. The maximum absolute atomic E-state index is 13.1. The van der Waals surface area contributed by atoms with Crippen molar-refractivity contribution >= 4 is 52.7 Å². The summed E-state index contributed by atoms with van der Waals surface area (Å²) in [4.78, 5) is 30.2. The zero-order valence-electron chi connectivity index (χ0n) is 37.9. The fourth-order valence-electron chi connectivity index (χ4n) is 9.03. The van der Waals surface area contributed by atoms with Gasteiger partial charge in [-0.1, -0.05) is 47.5 Å². The third kappa shape index (κ3) is 10.7. The van der Waals surface area contributed by atoms with E-state index in [9.17, 15) is 34.6 Å². The highest BCUT2D eigenvalue weighted by Crippen LogP contribution is 2.49. The summed E-state index contributed by atoms with van der Waals surface area (Å²) in [6.07, 6.45) is -0.239. The van der Waals surface area contributed by atoms with E-state index in [2.05, 4.69) is 4.90 Å². The van der Waals surface area contributed by atoms with Crippen LogP contribution in [-0.2, 0) is 13.6 Å². The smallest absolute Gasteiger partial charge is 0.331 e. The molecular formula is C49H55Cl2N2O13P. The molecule has 4 N–H and O–H groups in total. The number of aliphatic hydroxyl groups is 2. The second-order valence-electron chi connectivity index (χ2n) is 16.5. The van der Waals surface area contributed by atoms with Crippen molar-refractivity contribution in [2.45, 2.75) is 50.7 Å². The molecule has 6 aromatic rings. The molecule has 4 heterocycles. The summed E-state index contributed by atoms with van der Waals surface area (Å²) in [5.41, 5.74) is 1.67. The van der Waals surface area contributed by atoms with Gasteiger partial charge in [-0.15, -0.1) is 0 Å². The van der Waals surface area contributed by atoms with Gasteiger partial charge < -0.3 is 57.6 Å². The fraction of sp³-hybridized carbons (Fsp3) is 0.388. The van der Waals surface area contributed by atoms with Gasteiger partial charge in [0.1, 0.15) is 56.5 Å². The van der Waals surface area contributed by atoms with E-state index in [1.807, 2.05) is 24.1 Å². The Hall–Kier alpha value is -4.93. The minimum Gasteiger partial charge on any atom is -0.507 e. The third-order valence-electron chi connectivity index (χ3n) is 12.2. The van der Waals surface area contributed by atoms with Gasteiger partial charge in [0, 0.05) is 78.0 Å². The van der Waals surface area contributed by atoms with E-state index in [1.165, 1.54) is 19.2 Å². The van der Waals surface area contributed by atoms with Crippen LogP contribution in [0, 0.1) is 0 Å². The van der Waals surface area contributed by atoms with Gasteiger partial charge >= 0.3 is 7.60 Å². The van der Waals surface area contributed by atoms with E-state index in [-0.39, 0.29) is 65.3 Å². The largest absolute Gasteiger partial charge is 0.507 e. The van der Waals surface area contributed by atoms with Crippen molar-refractivity contribution in [3.63, 3.8) is 0 Å². The molecule has 0 unspecified atom stereocenters. The van der Waals surface area contributed by atoms with E-state index >= 15 is 0 Å². The minimum atomic E-state index is -3.22. The summed E-state index contributed by atoms with van der Waals surface area (Å²) in [6, 6.07) is 19.5. The van der Waals surface area contributed by atoms with Gasteiger partial charge in [-0.3, -0.25) is 14.2 Å². The zero-order valence-corrected chi connectivity index (χ0v) is 40.3. The van der Waals surface area contributed by atoms with Crippen LogP contribution < -0.4 is 20.3 Å². The number of β-amino-alcohol motifs (C(OH)–C–C–N with tert-alkyl or cyclic N) is 2. The number of aromatic hydroxyl groups is 2. The molecule has 2 aliphatic heterocycles. The summed E-state index contributed by atoms with van der Waals surface area (Å²) in [5.74, 6) is -0.0750. The highest BCUT2D eigenvalue weighted by Gasteiger charge is 2.36. The molecule has 0 amide bonds. The van der Waals surface area contributed by atoms with Gasteiger partial charge in [0.25, 0.3) is 0 Å². The normalized spacial score (nSPS) is 19.3. The first-order valence-corrected chi connectivity index (χ1v) is 24.5. The van der Waals surface area contributed by atoms with Crippen LogP contribution in [0.25, 0.3) is 44.6 Å². The molecule has 2 saturated heterocycles. The third-order valence-corrected chi connectivity index (χ3v) is 14.9. The molecule has 18 heteroatoms. The monoisotopic (exact) mass is 980 g/mol. The number of benzene rings is 4. The number of rotatable bonds is 13. The highest BCUT2D eigenvalue weighted by molar-refractivity contribution is 7.53. The van der Waals surface area contributed by atoms with Crippen LogP contribution in [0.5, 0.6) is 23.0 Å². The number of methoxy groups -OCH3 is 2. The summed E-state index contributed by atoms with van der Waals surface area (Å²) in [5, 5.41) is 44.3.